The molecule has 16 nitrogen and oxygen atoms in total. The second-order valence-corrected chi connectivity index (χ2v) is 16.5. The zero-order valence-corrected chi connectivity index (χ0v) is 34.9. The quantitative estimate of drug-likeness (QED) is 0.0741. The maximum Gasteiger partial charge on any atom is 0.305 e. The average Bonchev–Trinajstić information content (AvgIpc) is 3.20. The first-order valence-electron chi connectivity index (χ1n) is 21.1. The van der Waals surface area contributed by atoms with Crippen molar-refractivity contribution in [2.24, 2.45) is 23.3 Å². The SMILES string of the molecule is CC(C)CC(CC(=O)C(Cc1ccccc1)NC(=O)C(N)Cc1ccccc1)C(=O)NC(CCCCN)C(=O)N1C2CC1CN(CC(=O)N(CCC(=O)O)CCC(=O)O)C2. The minimum atomic E-state index is -1.09. The molecule has 2 saturated heterocycles. The summed E-state index contributed by atoms with van der Waals surface area (Å²) in [6.07, 6.45) is 2.38. The predicted octanol–water partition coefficient (Wildman–Crippen LogP) is 1.58. The standard InChI is InChI=1S/C44H63N7O9/c1-29(2)21-32(24-38(52)37(23-31-13-7-4-8-14-31)48-43(59)35(46)22-30-11-5-3-6-12-30)42(58)47-36(15-9-10-18-45)44(60)51-33-25-34(51)27-49(26-33)28-39(53)50(19-16-40(54)55)20-17-41(56)57/h3-8,11-14,29,32-37H,9-10,15-28,45-46H2,1-2H3,(H,47,58)(H,48,59)(H,54,55)(H,56,57). The topological polar surface area (TPSA) is 246 Å². The smallest absolute Gasteiger partial charge is 0.305 e. The molecule has 0 radical (unpaired) electrons. The van der Waals surface area contributed by atoms with E-state index in [4.69, 9.17) is 21.7 Å². The Morgan fingerprint density at radius 3 is 1.87 bits per heavy atom. The number of ketones is 1. The second-order valence-electron chi connectivity index (χ2n) is 16.5. The van der Waals surface area contributed by atoms with Gasteiger partial charge in [-0.3, -0.25) is 38.5 Å². The number of nitrogens with two attached hydrogens (primary N) is 2. The summed E-state index contributed by atoms with van der Waals surface area (Å²) in [5, 5.41) is 24.1. The fourth-order valence-corrected chi connectivity index (χ4v) is 8.09. The van der Waals surface area contributed by atoms with Crippen LogP contribution >= 0.6 is 0 Å². The molecule has 2 aliphatic rings. The molecule has 2 aliphatic heterocycles. The van der Waals surface area contributed by atoms with Crippen LogP contribution < -0.4 is 22.1 Å². The largest absolute Gasteiger partial charge is 0.481 e. The van der Waals surface area contributed by atoms with Crippen LogP contribution in [0.5, 0.6) is 0 Å². The molecule has 8 N–H and O–H groups in total. The van der Waals surface area contributed by atoms with Crippen LogP contribution in [-0.4, -0.2) is 136 Å². The maximum atomic E-state index is 14.2. The van der Waals surface area contributed by atoms with Crippen molar-refractivity contribution >= 4 is 41.4 Å². The van der Waals surface area contributed by atoms with Crippen LogP contribution in [0.25, 0.3) is 0 Å². The molecule has 2 heterocycles. The number of rotatable bonds is 26. The van der Waals surface area contributed by atoms with Crippen LogP contribution in [0.4, 0.5) is 0 Å². The van der Waals surface area contributed by atoms with Gasteiger partial charge >= 0.3 is 11.9 Å². The number of aliphatic carboxylic acids is 2. The minimum Gasteiger partial charge on any atom is -0.481 e. The lowest BCUT2D eigenvalue weighted by molar-refractivity contribution is -0.159. The highest BCUT2D eigenvalue weighted by Crippen LogP contribution is 2.33. The average molecular weight is 834 g/mol. The summed E-state index contributed by atoms with van der Waals surface area (Å²) in [5.74, 6) is -4.77. The third kappa shape index (κ3) is 14.8. The second kappa shape index (κ2) is 23.6. The molecular weight excluding hydrogens is 771 g/mol. The molecule has 4 amide bonds. The molecule has 6 atom stereocenters. The number of carbonyl (C=O) groups excluding carboxylic acids is 5. The number of benzene rings is 2. The van der Waals surface area contributed by atoms with E-state index in [1.54, 1.807) is 4.90 Å². The summed E-state index contributed by atoms with van der Waals surface area (Å²) in [6, 6.07) is 15.5. The van der Waals surface area contributed by atoms with Crippen molar-refractivity contribution in [2.75, 3.05) is 39.3 Å². The van der Waals surface area contributed by atoms with E-state index < -0.39 is 47.8 Å². The van der Waals surface area contributed by atoms with E-state index in [9.17, 15) is 33.6 Å². The number of likely N-dealkylation sites (tertiary alicyclic amines) is 2. The van der Waals surface area contributed by atoms with Gasteiger partial charge in [0.05, 0.1) is 31.5 Å². The Morgan fingerprint density at radius 1 is 0.783 bits per heavy atom. The number of piperazine rings is 1. The van der Waals surface area contributed by atoms with Gasteiger partial charge in [0.25, 0.3) is 0 Å². The van der Waals surface area contributed by atoms with Crippen LogP contribution in [0.1, 0.15) is 76.3 Å². The van der Waals surface area contributed by atoms with Gasteiger partial charge in [-0.1, -0.05) is 74.5 Å². The summed E-state index contributed by atoms with van der Waals surface area (Å²) < 4.78 is 0. The van der Waals surface area contributed by atoms with Crippen molar-refractivity contribution in [2.45, 2.75) is 108 Å². The number of hydrogen-bond acceptors (Lipinski definition) is 10. The number of carbonyl (C=O) groups is 7. The first-order valence-corrected chi connectivity index (χ1v) is 21.1. The zero-order chi connectivity index (χ0) is 43.8. The number of carboxylic acids is 2. The molecule has 0 spiro atoms. The lowest BCUT2D eigenvalue weighted by Gasteiger charge is -2.57. The van der Waals surface area contributed by atoms with Crippen LogP contribution in [-0.2, 0) is 46.4 Å². The van der Waals surface area contributed by atoms with Gasteiger partial charge in [-0.05, 0) is 68.5 Å². The number of fused-ring (bicyclic) bond motifs is 2. The molecule has 6 unspecified atom stereocenters. The first-order chi connectivity index (χ1) is 28.6. The highest BCUT2D eigenvalue weighted by atomic mass is 16.4. The third-order valence-corrected chi connectivity index (χ3v) is 11.2. The summed E-state index contributed by atoms with van der Waals surface area (Å²) in [7, 11) is 0. The van der Waals surface area contributed by atoms with E-state index in [2.05, 4.69) is 10.6 Å². The fraction of sp³-hybridized carbons (Fsp3) is 0.568. The van der Waals surface area contributed by atoms with E-state index >= 15 is 0 Å². The number of nitrogens with one attached hydrogen (secondary N) is 2. The summed E-state index contributed by atoms with van der Waals surface area (Å²) >= 11 is 0. The van der Waals surface area contributed by atoms with Gasteiger partial charge in [-0.2, -0.15) is 0 Å². The molecule has 4 rings (SSSR count). The molecule has 16 heteroatoms. The lowest BCUT2D eigenvalue weighted by atomic mass is 9.85. The highest BCUT2D eigenvalue weighted by Gasteiger charge is 2.49. The molecule has 0 aliphatic carbocycles. The Labute approximate surface area is 352 Å². The molecule has 2 aromatic rings. The first kappa shape index (κ1) is 47.5. The summed E-state index contributed by atoms with van der Waals surface area (Å²) in [4.78, 5) is 96.4. The van der Waals surface area contributed by atoms with E-state index in [0.29, 0.717) is 45.3 Å². The van der Waals surface area contributed by atoms with Crippen LogP contribution in [0.2, 0.25) is 0 Å². The molecule has 2 bridgehead atoms. The zero-order valence-electron chi connectivity index (χ0n) is 34.9. The van der Waals surface area contributed by atoms with Crippen molar-refractivity contribution < 1.29 is 43.8 Å². The molecule has 2 aromatic carbocycles. The van der Waals surface area contributed by atoms with Crippen molar-refractivity contribution in [3.05, 3.63) is 71.8 Å². The summed E-state index contributed by atoms with van der Waals surface area (Å²) in [6.45, 7) is 4.84. The van der Waals surface area contributed by atoms with Gasteiger partial charge in [-0.25, -0.2) is 0 Å². The Bertz CT molecular complexity index is 1730. The normalized spacial score (nSPS) is 18.1. The van der Waals surface area contributed by atoms with Gasteiger partial charge in [0.2, 0.25) is 23.6 Å². The number of amides is 4. The van der Waals surface area contributed by atoms with Crippen molar-refractivity contribution in [1.82, 2.24) is 25.3 Å². The number of Topliss-reactive ketones (excluding diaryl/α,β-unsaturated/α-hetero) is 1. The van der Waals surface area contributed by atoms with Gasteiger partial charge < -0.3 is 42.1 Å². The number of piperidine rings is 1. The van der Waals surface area contributed by atoms with Crippen LogP contribution in [0.3, 0.4) is 0 Å². The van der Waals surface area contributed by atoms with Gasteiger partial charge in [0.15, 0.2) is 5.78 Å². The Hall–Kier alpha value is -5.19. The van der Waals surface area contributed by atoms with Crippen molar-refractivity contribution in [3.8, 4) is 0 Å². The van der Waals surface area contributed by atoms with E-state index in [1.807, 2.05) is 79.4 Å². The van der Waals surface area contributed by atoms with E-state index in [0.717, 1.165) is 17.5 Å². The van der Waals surface area contributed by atoms with E-state index in [1.165, 1.54) is 4.90 Å². The predicted molar refractivity (Wildman–Crippen MR) is 224 cm³/mol. The molecular formula is C44H63N7O9. The van der Waals surface area contributed by atoms with Gasteiger partial charge in [0.1, 0.15) is 6.04 Å². The minimum absolute atomic E-state index is 0.0361. The highest BCUT2D eigenvalue weighted by molar-refractivity contribution is 5.95. The molecule has 60 heavy (non-hydrogen) atoms. The number of carboxylic acid groups (broad SMARTS) is 2. The van der Waals surface area contributed by atoms with Gasteiger partial charge in [-0.15, -0.1) is 0 Å². The third-order valence-electron chi connectivity index (χ3n) is 11.2. The molecule has 0 aromatic heterocycles. The molecule has 0 saturated carbocycles. The Kier molecular flexibility index (Phi) is 18.6. The number of nitrogens with zero attached hydrogens (tertiary/aromatic N) is 3. The van der Waals surface area contributed by atoms with Crippen LogP contribution in [0, 0.1) is 11.8 Å². The number of unbranched alkanes of at least 4 members (excludes halogenated alkanes) is 1. The summed E-state index contributed by atoms with van der Waals surface area (Å²) in [5.41, 5.74) is 13.8. The van der Waals surface area contributed by atoms with Crippen molar-refractivity contribution in [1.29, 1.82) is 0 Å². The Balaban J connectivity index is 1.44. The maximum absolute atomic E-state index is 14.2. The fourth-order valence-electron chi connectivity index (χ4n) is 8.09. The van der Waals surface area contributed by atoms with Gasteiger partial charge in [0, 0.05) is 50.6 Å². The molecule has 328 valence electrons. The Morgan fingerprint density at radius 2 is 1.33 bits per heavy atom. The number of hydrogen-bond donors (Lipinski definition) is 6. The molecule has 2 fully saturated rings. The monoisotopic (exact) mass is 833 g/mol. The van der Waals surface area contributed by atoms with Crippen molar-refractivity contribution in [3.63, 3.8) is 0 Å². The van der Waals surface area contributed by atoms with E-state index in [-0.39, 0.29) is 87.3 Å². The van der Waals surface area contributed by atoms with Crippen LogP contribution in [0.15, 0.2) is 60.7 Å². The lowest BCUT2D eigenvalue weighted by Crippen LogP contribution is -2.72.